The molecule has 0 saturated carbocycles. The first-order valence-corrected chi connectivity index (χ1v) is 6.73. The van der Waals surface area contributed by atoms with E-state index in [-0.39, 0.29) is 5.56 Å². The number of benzene rings is 1. The molecule has 1 amide bonds. The summed E-state index contributed by atoms with van der Waals surface area (Å²) in [4.78, 5) is 30.4. The predicted molar refractivity (Wildman–Crippen MR) is 75.2 cm³/mol. The van der Waals surface area contributed by atoms with Crippen LogP contribution in [0.4, 0.5) is 0 Å². The van der Waals surface area contributed by atoms with E-state index in [2.05, 4.69) is 9.97 Å². The number of primary amides is 1. The van der Waals surface area contributed by atoms with Crippen molar-refractivity contribution in [1.29, 1.82) is 0 Å². The lowest BCUT2D eigenvalue weighted by Crippen LogP contribution is -2.24. The minimum atomic E-state index is -0.781. The van der Waals surface area contributed by atoms with Gasteiger partial charge in [-0.1, -0.05) is 25.1 Å². The van der Waals surface area contributed by atoms with Crippen molar-refractivity contribution in [2.75, 3.05) is 5.75 Å². The standard InChI is InChI=1S/C13H13N3O2S/c1-2-19-10-6-4-3-5-8(10)12-15-7-9(11(14)17)13(18)16-12/h3-7H,2H2,1H3,(H2,14,17)(H,15,16,18). The Hall–Kier alpha value is -2.08. The molecule has 19 heavy (non-hydrogen) atoms. The second-order valence-corrected chi connectivity index (χ2v) is 5.07. The van der Waals surface area contributed by atoms with Gasteiger partial charge in [-0.3, -0.25) is 9.59 Å². The quantitative estimate of drug-likeness (QED) is 0.830. The molecule has 2 rings (SSSR count). The van der Waals surface area contributed by atoms with E-state index >= 15 is 0 Å². The van der Waals surface area contributed by atoms with Gasteiger partial charge in [-0.15, -0.1) is 11.8 Å². The van der Waals surface area contributed by atoms with Crippen molar-refractivity contribution in [3.05, 3.63) is 46.4 Å². The van der Waals surface area contributed by atoms with Gasteiger partial charge in [0, 0.05) is 16.7 Å². The number of aromatic nitrogens is 2. The van der Waals surface area contributed by atoms with Crippen molar-refractivity contribution in [3.8, 4) is 11.4 Å². The summed E-state index contributed by atoms with van der Waals surface area (Å²) in [6.07, 6.45) is 1.21. The van der Waals surface area contributed by atoms with Crippen LogP contribution < -0.4 is 11.3 Å². The van der Waals surface area contributed by atoms with Gasteiger partial charge in [0.25, 0.3) is 11.5 Å². The minimum absolute atomic E-state index is 0.135. The van der Waals surface area contributed by atoms with Crippen LogP contribution in [-0.4, -0.2) is 21.6 Å². The number of nitrogens with zero attached hydrogens (tertiary/aromatic N) is 1. The number of nitrogens with two attached hydrogens (primary N) is 1. The third-order valence-electron chi connectivity index (χ3n) is 2.51. The number of amides is 1. The molecular weight excluding hydrogens is 262 g/mol. The lowest BCUT2D eigenvalue weighted by molar-refractivity contribution is 0.0998. The normalized spacial score (nSPS) is 10.4. The minimum Gasteiger partial charge on any atom is -0.365 e. The summed E-state index contributed by atoms with van der Waals surface area (Å²) in [6, 6.07) is 7.64. The van der Waals surface area contributed by atoms with E-state index in [1.54, 1.807) is 11.8 Å². The highest BCUT2D eigenvalue weighted by molar-refractivity contribution is 7.99. The van der Waals surface area contributed by atoms with Crippen LogP contribution in [0.15, 0.2) is 40.2 Å². The van der Waals surface area contributed by atoms with E-state index < -0.39 is 11.5 Å². The molecule has 0 fully saturated rings. The highest BCUT2D eigenvalue weighted by Gasteiger charge is 2.11. The fourth-order valence-corrected chi connectivity index (χ4v) is 2.46. The Morgan fingerprint density at radius 1 is 1.42 bits per heavy atom. The van der Waals surface area contributed by atoms with Gasteiger partial charge < -0.3 is 10.7 Å². The second-order valence-electron chi connectivity index (χ2n) is 3.77. The van der Waals surface area contributed by atoms with E-state index in [1.165, 1.54) is 6.20 Å². The van der Waals surface area contributed by atoms with Crippen molar-refractivity contribution in [3.63, 3.8) is 0 Å². The average molecular weight is 275 g/mol. The first kappa shape index (κ1) is 13.4. The van der Waals surface area contributed by atoms with E-state index in [0.29, 0.717) is 5.82 Å². The molecule has 1 aromatic carbocycles. The summed E-state index contributed by atoms with van der Waals surface area (Å²) in [6.45, 7) is 2.05. The summed E-state index contributed by atoms with van der Waals surface area (Å²) in [5.74, 6) is 0.573. The number of carbonyl (C=O) groups is 1. The summed E-state index contributed by atoms with van der Waals surface area (Å²) in [5.41, 5.74) is 5.26. The smallest absolute Gasteiger partial charge is 0.264 e. The largest absolute Gasteiger partial charge is 0.365 e. The molecule has 0 saturated heterocycles. The molecular formula is C13H13N3O2S. The molecule has 0 atom stereocenters. The van der Waals surface area contributed by atoms with Crippen LogP contribution in [0, 0.1) is 0 Å². The summed E-state index contributed by atoms with van der Waals surface area (Å²) < 4.78 is 0. The Morgan fingerprint density at radius 3 is 2.79 bits per heavy atom. The average Bonchev–Trinajstić information content (AvgIpc) is 2.39. The Morgan fingerprint density at radius 2 is 2.16 bits per heavy atom. The monoisotopic (exact) mass is 275 g/mol. The number of carbonyl (C=O) groups excluding carboxylic acids is 1. The first-order valence-electron chi connectivity index (χ1n) is 5.74. The number of H-pyrrole nitrogens is 1. The Kier molecular flexibility index (Phi) is 4.01. The van der Waals surface area contributed by atoms with Crippen molar-refractivity contribution in [2.45, 2.75) is 11.8 Å². The molecule has 98 valence electrons. The number of rotatable bonds is 4. The van der Waals surface area contributed by atoms with E-state index in [1.807, 2.05) is 31.2 Å². The first-order chi connectivity index (χ1) is 9.13. The molecule has 5 nitrogen and oxygen atoms in total. The zero-order chi connectivity index (χ0) is 13.8. The fraction of sp³-hybridized carbons (Fsp3) is 0.154. The van der Waals surface area contributed by atoms with Crippen LogP contribution in [0.25, 0.3) is 11.4 Å². The Balaban J connectivity index is 2.51. The molecule has 3 N–H and O–H groups in total. The van der Waals surface area contributed by atoms with E-state index in [9.17, 15) is 9.59 Å². The van der Waals surface area contributed by atoms with Gasteiger partial charge in [0.15, 0.2) is 0 Å². The molecule has 0 aliphatic heterocycles. The number of hydrogen-bond acceptors (Lipinski definition) is 4. The van der Waals surface area contributed by atoms with Crippen molar-refractivity contribution < 1.29 is 4.79 Å². The van der Waals surface area contributed by atoms with Crippen LogP contribution in [0.1, 0.15) is 17.3 Å². The van der Waals surface area contributed by atoms with Gasteiger partial charge in [-0.25, -0.2) is 4.98 Å². The lowest BCUT2D eigenvalue weighted by atomic mass is 10.2. The molecule has 2 aromatic rings. The maximum Gasteiger partial charge on any atom is 0.264 e. The highest BCUT2D eigenvalue weighted by Crippen LogP contribution is 2.28. The summed E-state index contributed by atoms with van der Waals surface area (Å²) in [5, 5.41) is 0. The number of nitrogens with one attached hydrogen (secondary N) is 1. The fourth-order valence-electron chi connectivity index (χ4n) is 1.65. The summed E-state index contributed by atoms with van der Waals surface area (Å²) >= 11 is 1.66. The molecule has 0 bridgehead atoms. The van der Waals surface area contributed by atoms with Crippen LogP contribution in [0.5, 0.6) is 0 Å². The van der Waals surface area contributed by atoms with Gasteiger partial charge in [-0.05, 0) is 11.8 Å². The Labute approximate surface area is 114 Å². The van der Waals surface area contributed by atoms with Gasteiger partial charge >= 0.3 is 0 Å². The van der Waals surface area contributed by atoms with E-state index in [0.717, 1.165) is 16.2 Å². The third-order valence-corrected chi connectivity index (χ3v) is 3.46. The maximum atomic E-state index is 11.7. The second kappa shape index (κ2) is 5.71. The highest BCUT2D eigenvalue weighted by atomic mass is 32.2. The maximum absolute atomic E-state index is 11.7. The van der Waals surface area contributed by atoms with Crippen molar-refractivity contribution >= 4 is 17.7 Å². The lowest BCUT2D eigenvalue weighted by Gasteiger charge is -2.07. The van der Waals surface area contributed by atoms with Crippen LogP contribution in [0.3, 0.4) is 0 Å². The molecule has 0 radical (unpaired) electrons. The van der Waals surface area contributed by atoms with Crippen LogP contribution >= 0.6 is 11.8 Å². The summed E-state index contributed by atoms with van der Waals surface area (Å²) in [7, 11) is 0. The third kappa shape index (κ3) is 2.85. The molecule has 1 aromatic heterocycles. The van der Waals surface area contributed by atoms with Crippen molar-refractivity contribution in [2.24, 2.45) is 5.73 Å². The van der Waals surface area contributed by atoms with Gasteiger partial charge in [-0.2, -0.15) is 0 Å². The van der Waals surface area contributed by atoms with Crippen LogP contribution in [0.2, 0.25) is 0 Å². The molecule has 0 spiro atoms. The zero-order valence-corrected chi connectivity index (χ0v) is 11.2. The van der Waals surface area contributed by atoms with Gasteiger partial charge in [0.2, 0.25) is 0 Å². The SMILES string of the molecule is CCSc1ccccc1-c1ncc(C(N)=O)c(=O)[nH]1. The number of aromatic amines is 1. The van der Waals surface area contributed by atoms with E-state index in [4.69, 9.17) is 5.73 Å². The Bertz CT molecular complexity index is 667. The van der Waals surface area contributed by atoms with Gasteiger partial charge in [0.1, 0.15) is 11.4 Å². The molecule has 0 aliphatic rings. The van der Waals surface area contributed by atoms with Gasteiger partial charge in [0.05, 0.1) is 0 Å². The molecule has 0 unspecified atom stereocenters. The topological polar surface area (TPSA) is 88.8 Å². The molecule has 1 heterocycles. The zero-order valence-electron chi connectivity index (χ0n) is 10.3. The predicted octanol–water partition coefficient (Wildman–Crippen LogP) is 1.65. The molecule has 6 heteroatoms. The van der Waals surface area contributed by atoms with Crippen molar-refractivity contribution in [1.82, 2.24) is 9.97 Å². The number of thioether (sulfide) groups is 1. The van der Waals surface area contributed by atoms with Crippen LogP contribution in [-0.2, 0) is 0 Å². The molecule has 0 aliphatic carbocycles. The number of hydrogen-bond donors (Lipinski definition) is 2.